The van der Waals surface area contributed by atoms with E-state index in [0.29, 0.717) is 0 Å². The molecule has 1 saturated carbocycles. The Labute approximate surface area is 115 Å². The van der Waals surface area contributed by atoms with Crippen molar-refractivity contribution >= 4 is 5.97 Å². The predicted octanol–water partition coefficient (Wildman–Crippen LogP) is -0.729. The van der Waals surface area contributed by atoms with Crippen LogP contribution in [-0.2, 0) is 4.79 Å². The number of hydrogen-bond acceptors (Lipinski definition) is 2. The molecule has 0 unspecified atom stereocenters. The van der Waals surface area contributed by atoms with Crippen LogP contribution in [0, 0.1) is 5.41 Å². The Morgan fingerprint density at radius 2 is 1.67 bits per heavy atom. The minimum atomic E-state index is -0.814. The molecule has 3 heteroatoms. The third-order valence-corrected chi connectivity index (χ3v) is 3.30. The standard InChI is InChI=1S/C12H22O2.Na/c1-2-3-4-5-6-7-8-12(9-10-12)11(13)14;/h2-10H2,1H3,(H,13,14);/q;+1/p-1. The largest absolute Gasteiger partial charge is 1.00 e. The average Bonchev–Trinajstić information content (AvgIpc) is 2.92. The normalized spacial score (nSPS) is 16.9. The van der Waals surface area contributed by atoms with Gasteiger partial charge >= 0.3 is 29.6 Å². The van der Waals surface area contributed by atoms with Crippen LogP contribution < -0.4 is 34.7 Å². The fourth-order valence-electron chi connectivity index (χ4n) is 1.95. The van der Waals surface area contributed by atoms with Crippen molar-refractivity contribution in [1.82, 2.24) is 0 Å². The van der Waals surface area contributed by atoms with E-state index in [1.165, 1.54) is 32.1 Å². The van der Waals surface area contributed by atoms with Crippen molar-refractivity contribution in [2.24, 2.45) is 5.41 Å². The number of unbranched alkanes of at least 4 members (excludes halogenated alkanes) is 5. The molecule has 0 aromatic rings. The minimum absolute atomic E-state index is 0. The monoisotopic (exact) mass is 220 g/mol. The van der Waals surface area contributed by atoms with Gasteiger partial charge in [0, 0.05) is 11.4 Å². The summed E-state index contributed by atoms with van der Waals surface area (Å²) in [6.45, 7) is 2.20. The minimum Gasteiger partial charge on any atom is -0.550 e. The van der Waals surface area contributed by atoms with E-state index in [-0.39, 0.29) is 29.6 Å². The molecule has 0 atom stereocenters. The fraction of sp³-hybridized carbons (Fsp3) is 0.917. The first-order valence-electron chi connectivity index (χ1n) is 5.93. The van der Waals surface area contributed by atoms with Crippen LogP contribution in [0.5, 0.6) is 0 Å². The zero-order chi connectivity index (χ0) is 10.4. The van der Waals surface area contributed by atoms with E-state index in [2.05, 4.69) is 6.92 Å². The third-order valence-electron chi connectivity index (χ3n) is 3.30. The molecule has 0 aliphatic heterocycles. The zero-order valence-electron chi connectivity index (χ0n) is 10.2. The van der Waals surface area contributed by atoms with Crippen molar-refractivity contribution < 1.29 is 39.5 Å². The maximum absolute atomic E-state index is 10.7. The van der Waals surface area contributed by atoms with Gasteiger partial charge in [0.2, 0.25) is 0 Å². The van der Waals surface area contributed by atoms with Gasteiger partial charge in [0.05, 0.1) is 0 Å². The summed E-state index contributed by atoms with van der Waals surface area (Å²) in [5, 5.41) is 10.7. The molecule has 1 rings (SSSR count). The summed E-state index contributed by atoms with van der Waals surface area (Å²) in [7, 11) is 0. The van der Waals surface area contributed by atoms with Gasteiger partial charge in [-0.1, -0.05) is 45.4 Å². The van der Waals surface area contributed by atoms with Gasteiger partial charge < -0.3 is 9.90 Å². The van der Waals surface area contributed by atoms with Crippen LogP contribution in [0.3, 0.4) is 0 Å². The van der Waals surface area contributed by atoms with Crippen LogP contribution in [0.1, 0.15) is 64.7 Å². The summed E-state index contributed by atoms with van der Waals surface area (Å²) in [6, 6.07) is 0. The van der Waals surface area contributed by atoms with Gasteiger partial charge in [0.25, 0.3) is 0 Å². The van der Waals surface area contributed by atoms with Crippen LogP contribution in [0.15, 0.2) is 0 Å². The molecule has 15 heavy (non-hydrogen) atoms. The maximum Gasteiger partial charge on any atom is 1.00 e. The Morgan fingerprint density at radius 1 is 1.13 bits per heavy atom. The molecule has 1 aliphatic carbocycles. The molecule has 0 spiro atoms. The second kappa shape index (κ2) is 7.70. The number of hydrogen-bond donors (Lipinski definition) is 0. The molecular weight excluding hydrogens is 199 g/mol. The molecule has 0 heterocycles. The molecule has 1 fully saturated rings. The van der Waals surface area contributed by atoms with E-state index in [1.807, 2.05) is 0 Å². The number of carboxylic acid groups (broad SMARTS) is 1. The van der Waals surface area contributed by atoms with E-state index < -0.39 is 11.4 Å². The molecule has 0 aromatic heterocycles. The van der Waals surface area contributed by atoms with Crippen LogP contribution in [0.25, 0.3) is 0 Å². The second-order valence-electron chi connectivity index (χ2n) is 4.59. The molecule has 0 N–H and O–H groups in total. The Hall–Kier alpha value is 0.470. The SMILES string of the molecule is CCCCCCCCC1(C(=O)[O-])CC1.[Na+]. The summed E-state index contributed by atoms with van der Waals surface area (Å²) in [5.41, 5.74) is -0.398. The summed E-state index contributed by atoms with van der Waals surface area (Å²) in [5.74, 6) is -0.814. The maximum atomic E-state index is 10.7. The molecule has 0 aromatic carbocycles. The van der Waals surface area contributed by atoms with Crippen molar-refractivity contribution in [3.8, 4) is 0 Å². The first kappa shape index (κ1) is 15.5. The molecule has 0 amide bonds. The van der Waals surface area contributed by atoms with Crippen molar-refractivity contribution in [1.29, 1.82) is 0 Å². The molecule has 0 saturated heterocycles. The van der Waals surface area contributed by atoms with E-state index in [9.17, 15) is 9.90 Å². The topological polar surface area (TPSA) is 40.1 Å². The first-order chi connectivity index (χ1) is 6.71. The van der Waals surface area contributed by atoms with Crippen molar-refractivity contribution in [3.05, 3.63) is 0 Å². The summed E-state index contributed by atoms with van der Waals surface area (Å²) in [4.78, 5) is 10.7. The zero-order valence-corrected chi connectivity index (χ0v) is 12.2. The van der Waals surface area contributed by atoms with Crippen molar-refractivity contribution in [2.75, 3.05) is 0 Å². The van der Waals surface area contributed by atoms with Gasteiger partial charge in [-0.05, 0) is 19.3 Å². The third kappa shape index (κ3) is 5.37. The Kier molecular flexibility index (Phi) is 7.94. The van der Waals surface area contributed by atoms with Gasteiger partial charge in [-0.3, -0.25) is 0 Å². The Balaban J connectivity index is 0.00000196. The van der Waals surface area contributed by atoms with Crippen LogP contribution >= 0.6 is 0 Å². The van der Waals surface area contributed by atoms with Crippen LogP contribution in [0.4, 0.5) is 0 Å². The number of carbonyl (C=O) groups is 1. The summed E-state index contributed by atoms with van der Waals surface area (Å²) in [6.07, 6.45) is 9.95. The second-order valence-corrected chi connectivity index (χ2v) is 4.59. The molecule has 0 bridgehead atoms. The smallest absolute Gasteiger partial charge is 0.550 e. The van der Waals surface area contributed by atoms with E-state index in [0.717, 1.165) is 25.7 Å². The van der Waals surface area contributed by atoms with E-state index in [1.54, 1.807) is 0 Å². The van der Waals surface area contributed by atoms with E-state index in [4.69, 9.17) is 0 Å². The molecule has 0 radical (unpaired) electrons. The van der Waals surface area contributed by atoms with E-state index >= 15 is 0 Å². The number of carboxylic acids is 1. The number of rotatable bonds is 8. The van der Waals surface area contributed by atoms with Gasteiger partial charge in [-0.2, -0.15) is 0 Å². The molecule has 2 nitrogen and oxygen atoms in total. The number of aliphatic carboxylic acids is 1. The van der Waals surface area contributed by atoms with Crippen molar-refractivity contribution in [2.45, 2.75) is 64.7 Å². The molecule has 1 aliphatic rings. The van der Waals surface area contributed by atoms with Crippen LogP contribution in [-0.4, -0.2) is 5.97 Å². The first-order valence-corrected chi connectivity index (χ1v) is 5.93. The van der Waals surface area contributed by atoms with Crippen LogP contribution in [0.2, 0.25) is 0 Å². The Bertz CT molecular complexity index is 188. The fourth-order valence-corrected chi connectivity index (χ4v) is 1.95. The van der Waals surface area contributed by atoms with Gasteiger partial charge in [-0.15, -0.1) is 0 Å². The number of carbonyl (C=O) groups excluding carboxylic acids is 1. The predicted molar refractivity (Wildman–Crippen MR) is 54.7 cm³/mol. The van der Waals surface area contributed by atoms with Gasteiger partial charge in [-0.25, -0.2) is 0 Å². The Morgan fingerprint density at radius 3 is 2.13 bits per heavy atom. The molecule has 82 valence electrons. The quantitative estimate of drug-likeness (QED) is 0.400. The van der Waals surface area contributed by atoms with Gasteiger partial charge in [0.15, 0.2) is 0 Å². The van der Waals surface area contributed by atoms with Crippen molar-refractivity contribution in [3.63, 3.8) is 0 Å². The molecular formula is C12H21NaO2. The summed E-state index contributed by atoms with van der Waals surface area (Å²) >= 11 is 0. The van der Waals surface area contributed by atoms with Gasteiger partial charge in [0.1, 0.15) is 0 Å². The summed E-state index contributed by atoms with van der Waals surface area (Å²) < 4.78 is 0. The average molecular weight is 220 g/mol.